The summed E-state index contributed by atoms with van der Waals surface area (Å²) in [6, 6.07) is 0. The van der Waals surface area contributed by atoms with Crippen molar-refractivity contribution in [2.24, 2.45) is 5.73 Å². The molecule has 1 aromatic heterocycles. The molecular weight excluding hydrogens is 264 g/mol. The fourth-order valence-corrected chi connectivity index (χ4v) is 1.42. The third kappa shape index (κ3) is 5.33. The average Bonchev–Trinajstić information content (AvgIpc) is 2.86. The highest BCUT2D eigenvalue weighted by atomic mass is 16.5. The SMILES string of the molecule is COCCNC(=O)CN(C)C(=O)Cn1cc(CN)nn1. The summed E-state index contributed by atoms with van der Waals surface area (Å²) in [5, 5.41) is 10.2. The lowest BCUT2D eigenvalue weighted by atomic mass is 10.4. The van der Waals surface area contributed by atoms with Gasteiger partial charge in [-0.05, 0) is 0 Å². The van der Waals surface area contributed by atoms with E-state index in [9.17, 15) is 9.59 Å². The number of likely N-dealkylation sites (N-methyl/N-ethyl adjacent to an activating group) is 1. The van der Waals surface area contributed by atoms with Crippen molar-refractivity contribution < 1.29 is 14.3 Å². The molecule has 9 nitrogen and oxygen atoms in total. The third-order valence-corrected chi connectivity index (χ3v) is 2.53. The summed E-state index contributed by atoms with van der Waals surface area (Å²) in [4.78, 5) is 24.7. The highest BCUT2D eigenvalue weighted by molar-refractivity contribution is 5.84. The minimum Gasteiger partial charge on any atom is -0.383 e. The van der Waals surface area contributed by atoms with Crippen LogP contribution in [0.15, 0.2) is 6.20 Å². The van der Waals surface area contributed by atoms with Crippen LogP contribution in [0.3, 0.4) is 0 Å². The minimum atomic E-state index is -0.237. The van der Waals surface area contributed by atoms with Crippen LogP contribution in [0.4, 0.5) is 0 Å². The maximum Gasteiger partial charge on any atom is 0.244 e. The maximum absolute atomic E-state index is 11.9. The Labute approximate surface area is 117 Å². The molecule has 0 spiro atoms. The topological polar surface area (TPSA) is 115 Å². The fraction of sp³-hybridized carbons (Fsp3) is 0.636. The smallest absolute Gasteiger partial charge is 0.244 e. The molecular formula is C11H20N6O3. The number of methoxy groups -OCH3 is 1. The van der Waals surface area contributed by atoms with Crippen molar-refractivity contribution in [2.75, 3.05) is 33.9 Å². The number of aromatic nitrogens is 3. The van der Waals surface area contributed by atoms with Crippen LogP contribution in [0, 0.1) is 0 Å². The molecule has 1 aromatic rings. The number of ether oxygens (including phenoxy) is 1. The monoisotopic (exact) mass is 284 g/mol. The quantitative estimate of drug-likeness (QED) is 0.531. The molecule has 0 aliphatic heterocycles. The van der Waals surface area contributed by atoms with Crippen molar-refractivity contribution >= 4 is 11.8 Å². The first kappa shape index (κ1) is 16.1. The van der Waals surface area contributed by atoms with Crippen LogP contribution in [0.2, 0.25) is 0 Å². The predicted molar refractivity (Wildman–Crippen MR) is 70.4 cm³/mol. The molecule has 3 N–H and O–H groups in total. The Morgan fingerprint density at radius 2 is 2.30 bits per heavy atom. The van der Waals surface area contributed by atoms with Crippen LogP contribution < -0.4 is 11.1 Å². The molecule has 0 aliphatic carbocycles. The first-order chi connectivity index (χ1) is 9.56. The number of carbonyl (C=O) groups is 2. The third-order valence-electron chi connectivity index (χ3n) is 2.53. The van der Waals surface area contributed by atoms with Crippen molar-refractivity contribution in [3.63, 3.8) is 0 Å². The second-order valence-corrected chi connectivity index (χ2v) is 4.20. The molecule has 0 aromatic carbocycles. The van der Waals surface area contributed by atoms with E-state index in [4.69, 9.17) is 10.5 Å². The molecule has 0 fully saturated rings. The summed E-state index contributed by atoms with van der Waals surface area (Å²) >= 11 is 0. The molecule has 0 bridgehead atoms. The molecule has 0 saturated heterocycles. The van der Waals surface area contributed by atoms with Gasteiger partial charge in [0.15, 0.2) is 0 Å². The van der Waals surface area contributed by atoms with E-state index in [1.807, 2.05) is 0 Å². The first-order valence-electron chi connectivity index (χ1n) is 6.15. The summed E-state index contributed by atoms with van der Waals surface area (Å²) in [5.41, 5.74) is 6.01. The standard InChI is InChI=1S/C11H20N6O3/c1-16(7-10(18)13-3-4-20-2)11(19)8-17-6-9(5-12)14-15-17/h6H,3-5,7-8,12H2,1-2H3,(H,13,18). The van der Waals surface area contributed by atoms with Gasteiger partial charge < -0.3 is 20.7 Å². The van der Waals surface area contributed by atoms with Crippen molar-refractivity contribution in [1.82, 2.24) is 25.2 Å². The van der Waals surface area contributed by atoms with E-state index >= 15 is 0 Å². The molecule has 112 valence electrons. The summed E-state index contributed by atoms with van der Waals surface area (Å²) in [6.45, 7) is 1.13. The van der Waals surface area contributed by atoms with E-state index in [2.05, 4.69) is 15.6 Å². The van der Waals surface area contributed by atoms with Gasteiger partial charge in [-0.25, -0.2) is 4.68 Å². The Hall–Kier alpha value is -2.00. The highest BCUT2D eigenvalue weighted by Crippen LogP contribution is 1.94. The van der Waals surface area contributed by atoms with Crippen LogP contribution in [-0.2, 0) is 27.4 Å². The molecule has 2 amide bonds. The van der Waals surface area contributed by atoms with Gasteiger partial charge in [-0.1, -0.05) is 5.21 Å². The Morgan fingerprint density at radius 3 is 2.90 bits per heavy atom. The normalized spacial score (nSPS) is 10.3. The number of nitrogens with one attached hydrogen (secondary N) is 1. The van der Waals surface area contributed by atoms with Crippen LogP contribution in [-0.4, -0.2) is 65.6 Å². The van der Waals surface area contributed by atoms with Crippen LogP contribution in [0.25, 0.3) is 0 Å². The van der Waals surface area contributed by atoms with Gasteiger partial charge in [0.1, 0.15) is 6.54 Å². The Balaban J connectivity index is 2.36. The van der Waals surface area contributed by atoms with Crippen LogP contribution in [0.1, 0.15) is 5.69 Å². The fourth-order valence-electron chi connectivity index (χ4n) is 1.42. The van der Waals surface area contributed by atoms with Crippen molar-refractivity contribution in [3.8, 4) is 0 Å². The summed E-state index contributed by atoms with van der Waals surface area (Å²) in [5.74, 6) is -0.473. The number of nitrogens with zero attached hydrogens (tertiary/aromatic N) is 4. The van der Waals surface area contributed by atoms with E-state index in [1.165, 1.54) is 9.58 Å². The first-order valence-corrected chi connectivity index (χ1v) is 6.15. The molecule has 0 atom stereocenters. The van der Waals surface area contributed by atoms with Crippen molar-refractivity contribution in [2.45, 2.75) is 13.1 Å². The maximum atomic E-state index is 11.9. The number of amides is 2. The lowest BCUT2D eigenvalue weighted by Gasteiger charge is -2.16. The minimum absolute atomic E-state index is 0.0129. The van der Waals surface area contributed by atoms with E-state index < -0.39 is 0 Å². The molecule has 0 saturated carbocycles. The molecule has 1 rings (SSSR count). The zero-order chi connectivity index (χ0) is 15.0. The number of rotatable bonds is 8. The zero-order valence-electron chi connectivity index (χ0n) is 11.7. The van der Waals surface area contributed by atoms with Gasteiger partial charge in [-0.2, -0.15) is 0 Å². The Morgan fingerprint density at radius 1 is 1.55 bits per heavy atom. The molecule has 0 aliphatic rings. The lowest BCUT2D eigenvalue weighted by molar-refractivity contribution is -0.135. The van der Waals surface area contributed by atoms with Crippen molar-refractivity contribution in [1.29, 1.82) is 0 Å². The molecule has 1 heterocycles. The second kappa shape index (κ2) is 8.23. The summed E-state index contributed by atoms with van der Waals surface area (Å²) in [7, 11) is 3.11. The van der Waals surface area contributed by atoms with E-state index in [-0.39, 0.29) is 31.4 Å². The zero-order valence-corrected chi connectivity index (χ0v) is 11.7. The second-order valence-electron chi connectivity index (χ2n) is 4.20. The van der Waals surface area contributed by atoms with Crippen LogP contribution >= 0.6 is 0 Å². The average molecular weight is 284 g/mol. The van der Waals surface area contributed by atoms with E-state index in [1.54, 1.807) is 20.4 Å². The molecule has 0 radical (unpaired) electrons. The van der Waals surface area contributed by atoms with Gasteiger partial charge in [0.25, 0.3) is 0 Å². The molecule has 20 heavy (non-hydrogen) atoms. The van der Waals surface area contributed by atoms with Gasteiger partial charge in [-0.15, -0.1) is 5.10 Å². The van der Waals surface area contributed by atoms with Gasteiger partial charge in [0.05, 0.1) is 25.0 Å². The van der Waals surface area contributed by atoms with Gasteiger partial charge >= 0.3 is 0 Å². The Kier molecular flexibility index (Phi) is 6.60. The van der Waals surface area contributed by atoms with Gasteiger partial charge in [0.2, 0.25) is 11.8 Å². The Bertz CT molecular complexity index is 447. The summed E-state index contributed by atoms with van der Waals surface area (Å²) < 4.78 is 6.21. The van der Waals surface area contributed by atoms with Crippen molar-refractivity contribution in [3.05, 3.63) is 11.9 Å². The lowest BCUT2D eigenvalue weighted by Crippen LogP contribution is -2.40. The number of hydrogen-bond donors (Lipinski definition) is 2. The number of hydrogen-bond acceptors (Lipinski definition) is 6. The number of nitrogens with two attached hydrogens (primary N) is 1. The van der Waals surface area contributed by atoms with Crippen LogP contribution in [0.5, 0.6) is 0 Å². The van der Waals surface area contributed by atoms with E-state index in [0.29, 0.717) is 18.8 Å². The molecule has 0 unspecified atom stereocenters. The predicted octanol–water partition coefficient (Wildman–Crippen LogP) is -2.04. The number of carbonyl (C=O) groups excluding carboxylic acids is 2. The molecule has 9 heteroatoms. The largest absolute Gasteiger partial charge is 0.383 e. The van der Waals surface area contributed by atoms with E-state index in [0.717, 1.165) is 0 Å². The van der Waals surface area contributed by atoms with Gasteiger partial charge in [-0.3, -0.25) is 9.59 Å². The summed E-state index contributed by atoms with van der Waals surface area (Å²) in [6.07, 6.45) is 1.60. The van der Waals surface area contributed by atoms with Gasteiger partial charge in [0, 0.05) is 27.2 Å². The highest BCUT2D eigenvalue weighted by Gasteiger charge is 2.14.